The molecule has 1 heterocycles. The van der Waals surface area contributed by atoms with Gasteiger partial charge >= 0.3 is 0 Å². The van der Waals surface area contributed by atoms with Gasteiger partial charge in [0.1, 0.15) is 6.54 Å². The van der Waals surface area contributed by atoms with Crippen molar-refractivity contribution in [1.29, 1.82) is 0 Å². The van der Waals surface area contributed by atoms with Gasteiger partial charge in [0.05, 0.1) is 6.61 Å². The molecule has 2 aromatic rings. The number of amides is 2. The molecule has 0 aliphatic carbocycles. The number of hydrogen-bond acceptors (Lipinski definition) is 3. The lowest BCUT2D eigenvalue weighted by Gasteiger charge is -2.34. The van der Waals surface area contributed by atoms with Crippen molar-refractivity contribution in [1.82, 2.24) is 4.90 Å². The molecule has 2 aromatic carbocycles. The van der Waals surface area contributed by atoms with E-state index >= 15 is 0 Å². The summed E-state index contributed by atoms with van der Waals surface area (Å²) in [5, 5.41) is 0. The van der Waals surface area contributed by atoms with Crippen LogP contribution < -0.4 is 4.90 Å². The molecule has 27 heavy (non-hydrogen) atoms. The van der Waals surface area contributed by atoms with Crippen LogP contribution in [-0.4, -0.2) is 43.0 Å². The SMILES string of the molecule is Cc1ccc(N2CCN(C(=O)CCCOCc3ccccc3)CC2=O)cc1. The molecule has 1 saturated heterocycles. The van der Waals surface area contributed by atoms with Crippen LogP contribution in [-0.2, 0) is 20.9 Å². The van der Waals surface area contributed by atoms with Crippen molar-refractivity contribution in [3.05, 3.63) is 65.7 Å². The first-order valence-electron chi connectivity index (χ1n) is 9.40. The number of aryl methyl sites for hydroxylation is 1. The topological polar surface area (TPSA) is 49.9 Å². The van der Waals surface area contributed by atoms with Crippen molar-refractivity contribution in [2.24, 2.45) is 0 Å². The van der Waals surface area contributed by atoms with E-state index < -0.39 is 0 Å². The zero-order valence-corrected chi connectivity index (χ0v) is 15.8. The van der Waals surface area contributed by atoms with E-state index in [0.717, 1.165) is 16.8 Å². The van der Waals surface area contributed by atoms with Crippen LogP contribution in [0, 0.1) is 6.92 Å². The van der Waals surface area contributed by atoms with Crippen molar-refractivity contribution in [2.45, 2.75) is 26.4 Å². The van der Waals surface area contributed by atoms with E-state index in [2.05, 4.69) is 0 Å². The van der Waals surface area contributed by atoms with Crippen LogP contribution in [0.1, 0.15) is 24.0 Å². The Morgan fingerprint density at radius 3 is 2.48 bits per heavy atom. The van der Waals surface area contributed by atoms with E-state index in [9.17, 15) is 9.59 Å². The summed E-state index contributed by atoms with van der Waals surface area (Å²) in [7, 11) is 0. The Labute approximate surface area is 160 Å². The number of carbonyl (C=O) groups is 2. The maximum atomic E-state index is 12.4. The highest BCUT2D eigenvalue weighted by atomic mass is 16.5. The Hall–Kier alpha value is -2.66. The Balaban J connectivity index is 1.38. The van der Waals surface area contributed by atoms with Gasteiger partial charge in [0.2, 0.25) is 11.8 Å². The first-order valence-corrected chi connectivity index (χ1v) is 9.40. The minimum absolute atomic E-state index is 0.0233. The van der Waals surface area contributed by atoms with E-state index in [1.807, 2.05) is 61.5 Å². The molecule has 1 aliphatic rings. The average Bonchev–Trinajstić information content (AvgIpc) is 2.69. The predicted octanol–water partition coefficient (Wildman–Crippen LogP) is 3.17. The Morgan fingerprint density at radius 1 is 1.04 bits per heavy atom. The maximum Gasteiger partial charge on any atom is 0.246 e. The predicted molar refractivity (Wildman–Crippen MR) is 105 cm³/mol. The third-order valence-corrected chi connectivity index (χ3v) is 4.71. The molecule has 5 heteroatoms. The summed E-state index contributed by atoms with van der Waals surface area (Å²) in [5.74, 6) is -0.00556. The Morgan fingerprint density at radius 2 is 1.78 bits per heavy atom. The molecular weight excluding hydrogens is 340 g/mol. The number of hydrogen-bond donors (Lipinski definition) is 0. The van der Waals surface area contributed by atoms with Crippen LogP contribution in [0.25, 0.3) is 0 Å². The van der Waals surface area contributed by atoms with Gasteiger partial charge in [-0.3, -0.25) is 9.59 Å². The molecule has 0 radical (unpaired) electrons. The van der Waals surface area contributed by atoms with Crippen LogP contribution in [0.5, 0.6) is 0 Å². The molecule has 0 unspecified atom stereocenters. The van der Waals surface area contributed by atoms with E-state index in [1.165, 1.54) is 0 Å². The highest BCUT2D eigenvalue weighted by Crippen LogP contribution is 2.18. The molecular formula is C22H26N2O3. The van der Waals surface area contributed by atoms with Gasteiger partial charge in [0.15, 0.2) is 0 Å². The second-order valence-corrected chi connectivity index (χ2v) is 6.84. The summed E-state index contributed by atoms with van der Waals surface area (Å²) in [5.41, 5.74) is 3.18. The monoisotopic (exact) mass is 366 g/mol. The molecule has 0 bridgehead atoms. The van der Waals surface area contributed by atoms with Crippen LogP contribution in [0.3, 0.4) is 0 Å². The molecule has 142 valence electrons. The Kier molecular flexibility index (Phi) is 6.60. The molecule has 0 N–H and O–H groups in total. The lowest BCUT2D eigenvalue weighted by atomic mass is 10.2. The zero-order valence-electron chi connectivity index (χ0n) is 15.8. The summed E-state index contributed by atoms with van der Waals surface area (Å²) in [6, 6.07) is 17.9. The second-order valence-electron chi connectivity index (χ2n) is 6.84. The van der Waals surface area contributed by atoms with Crippen LogP contribution in [0.2, 0.25) is 0 Å². The fourth-order valence-electron chi connectivity index (χ4n) is 3.13. The first kappa shape index (κ1) is 19.1. The van der Waals surface area contributed by atoms with Crippen LogP contribution in [0.15, 0.2) is 54.6 Å². The average molecular weight is 366 g/mol. The molecule has 0 atom stereocenters. The minimum Gasteiger partial charge on any atom is -0.377 e. The zero-order chi connectivity index (χ0) is 19.1. The van der Waals surface area contributed by atoms with Crippen molar-refractivity contribution < 1.29 is 14.3 Å². The number of rotatable bonds is 7. The van der Waals surface area contributed by atoms with Crippen LogP contribution in [0.4, 0.5) is 5.69 Å². The van der Waals surface area contributed by atoms with Crippen LogP contribution >= 0.6 is 0 Å². The largest absolute Gasteiger partial charge is 0.377 e. The Bertz CT molecular complexity index is 759. The molecule has 3 rings (SSSR count). The molecule has 5 nitrogen and oxygen atoms in total. The van der Waals surface area contributed by atoms with Gasteiger partial charge in [-0.05, 0) is 31.0 Å². The summed E-state index contributed by atoms with van der Waals surface area (Å²) in [4.78, 5) is 28.2. The van der Waals surface area contributed by atoms with Crippen molar-refractivity contribution in [2.75, 3.05) is 31.1 Å². The third kappa shape index (κ3) is 5.41. The summed E-state index contributed by atoms with van der Waals surface area (Å²) < 4.78 is 5.62. The molecule has 0 aromatic heterocycles. The number of nitrogens with zero attached hydrogens (tertiary/aromatic N) is 2. The van der Waals surface area contributed by atoms with Gasteiger partial charge in [0.25, 0.3) is 0 Å². The number of carbonyl (C=O) groups excluding carboxylic acids is 2. The highest BCUT2D eigenvalue weighted by Gasteiger charge is 2.27. The van der Waals surface area contributed by atoms with Gasteiger partial charge in [0, 0.05) is 31.8 Å². The van der Waals surface area contributed by atoms with Gasteiger partial charge in [-0.15, -0.1) is 0 Å². The second kappa shape index (κ2) is 9.33. The van der Waals surface area contributed by atoms with Crippen molar-refractivity contribution in [3.63, 3.8) is 0 Å². The molecule has 1 fully saturated rings. The van der Waals surface area contributed by atoms with Gasteiger partial charge in [-0.2, -0.15) is 0 Å². The quantitative estimate of drug-likeness (QED) is 0.707. The number of benzene rings is 2. The third-order valence-electron chi connectivity index (χ3n) is 4.71. The van der Waals surface area contributed by atoms with Crippen molar-refractivity contribution in [3.8, 4) is 0 Å². The fraction of sp³-hybridized carbons (Fsp3) is 0.364. The summed E-state index contributed by atoms with van der Waals surface area (Å²) >= 11 is 0. The lowest BCUT2D eigenvalue weighted by Crippen LogP contribution is -2.52. The normalized spacial score (nSPS) is 14.5. The van der Waals surface area contributed by atoms with E-state index in [0.29, 0.717) is 39.1 Å². The van der Waals surface area contributed by atoms with E-state index in [-0.39, 0.29) is 18.4 Å². The molecule has 0 spiro atoms. The van der Waals surface area contributed by atoms with Crippen molar-refractivity contribution >= 4 is 17.5 Å². The summed E-state index contributed by atoms with van der Waals surface area (Å²) in [6.07, 6.45) is 1.07. The van der Waals surface area contributed by atoms with Gasteiger partial charge < -0.3 is 14.5 Å². The number of anilines is 1. The highest BCUT2D eigenvalue weighted by molar-refractivity contribution is 5.97. The standard InChI is InChI=1S/C22H26N2O3/c1-18-9-11-20(12-10-18)24-14-13-23(16-22(24)26)21(25)8-5-15-27-17-19-6-3-2-4-7-19/h2-4,6-7,9-12H,5,8,13-17H2,1H3. The molecule has 2 amide bonds. The van der Waals surface area contributed by atoms with E-state index in [1.54, 1.807) is 9.80 Å². The number of ether oxygens (including phenoxy) is 1. The van der Waals surface area contributed by atoms with Gasteiger partial charge in [-0.1, -0.05) is 48.0 Å². The maximum absolute atomic E-state index is 12.4. The first-order chi connectivity index (χ1) is 13.1. The van der Waals surface area contributed by atoms with Gasteiger partial charge in [-0.25, -0.2) is 0 Å². The smallest absolute Gasteiger partial charge is 0.246 e. The number of piperazine rings is 1. The molecule has 0 saturated carbocycles. The molecule has 1 aliphatic heterocycles. The lowest BCUT2D eigenvalue weighted by molar-refractivity contribution is -0.137. The van der Waals surface area contributed by atoms with E-state index in [4.69, 9.17) is 4.74 Å². The minimum atomic E-state index is -0.0289. The summed E-state index contributed by atoms with van der Waals surface area (Å²) in [6.45, 7) is 4.38. The fourth-order valence-corrected chi connectivity index (χ4v) is 3.13.